The molecule has 3 nitrogen and oxygen atoms in total. The summed E-state index contributed by atoms with van der Waals surface area (Å²) in [4.78, 5) is 2.58. The van der Waals surface area contributed by atoms with Crippen LogP contribution in [0.5, 0.6) is 0 Å². The molecule has 0 aromatic heterocycles. The predicted octanol–water partition coefficient (Wildman–Crippen LogP) is 2.58. The van der Waals surface area contributed by atoms with Crippen molar-refractivity contribution in [1.82, 2.24) is 4.90 Å². The number of benzene rings is 2. The van der Waals surface area contributed by atoms with Gasteiger partial charge < -0.3 is 14.7 Å². The van der Waals surface area contributed by atoms with E-state index in [0.717, 1.165) is 11.1 Å². The zero-order valence-electron chi connectivity index (χ0n) is 12.3. The van der Waals surface area contributed by atoms with Crippen molar-refractivity contribution >= 4 is 17.2 Å². The maximum absolute atomic E-state index is 11.6. The minimum atomic E-state index is -1.30. The van der Waals surface area contributed by atoms with E-state index in [9.17, 15) is 5.11 Å². The zero-order chi connectivity index (χ0) is 15.4. The van der Waals surface area contributed by atoms with Crippen molar-refractivity contribution in [2.45, 2.75) is 5.60 Å². The third-order valence-electron chi connectivity index (χ3n) is 3.99. The highest BCUT2D eigenvalue weighted by Gasteiger charge is 2.39. The molecule has 0 atom stereocenters. The van der Waals surface area contributed by atoms with Gasteiger partial charge in [0.1, 0.15) is 4.99 Å². The topological polar surface area (TPSA) is 32.7 Å². The number of hydrogen-bond donors (Lipinski definition) is 1. The first-order valence-corrected chi connectivity index (χ1v) is 7.84. The lowest BCUT2D eigenvalue weighted by molar-refractivity contribution is 0.0567. The van der Waals surface area contributed by atoms with Crippen molar-refractivity contribution < 1.29 is 9.84 Å². The molecule has 0 saturated carbocycles. The van der Waals surface area contributed by atoms with E-state index in [0.29, 0.717) is 31.3 Å². The van der Waals surface area contributed by atoms with Gasteiger partial charge in [-0.3, -0.25) is 0 Å². The molecule has 1 N–H and O–H groups in total. The van der Waals surface area contributed by atoms with E-state index in [2.05, 4.69) is 0 Å². The predicted molar refractivity (Wildman–Crippen MR) is 90.9 cm³/mol. The fourth-order valence-corrected chi connectivity index (χ4v) is 3.19. The van der Waals surface area contributed by atoms with Crippen molar-refractivity contribution in [2.24, 2.45) is 0 Å². The number of thiocarbonyl (C=S) groups is 1. The molecule has 4 heteroatoms. The van der Waals surface area contributed by atoms with Crippen LogP contribution in [0.15, 0.2) is 60.7 Å². The van der Waals surface area contributed by atoms with Gasteiger partial charge in [-0.2, -0.15) is 0 Å². The van der Waals surface area contributed by atoms with Crippen LogP contribution in [-0.2, 0) is 10.3 Å². The third-order valence-corrected chi connectivity index (χ3v) is 4.54. The first kappa shape index (κ1) is 15.2. The molecular weight excluding hydrogens is 294 g/mol. The minimum Gasteiger partial charge on any atom is -0.378 e. The quantitative estimate of drug-likeness (QED) is 0.883. The van der Waals surface area contributed by atoms with Gasteiger partial charge >= 0.3 is 0 Å². The molecule has 2 aromatic carbocycles. The van der Waals surface area contributed by atoms with Gasteiger partial charge in [0.15, 0.2) is 5.60 Å². The maximum Gasteiger partial charge on any atom is 0.165 e. The molecule has 1 aliphatic rings. The molecule has 1 saturated heterocycles. The van der Waals surface area contributed by atoms with Crippen molar-refractivity contribution in [2.75, 3.05) is 26.3 Å². The molecule has 0 radical (unpaired) electrons. The van der Waals surface area contributed by atoms with Crippen molar-refractivity contribution in [3.8, 4) is 0 Å². The molecule has 0 unspecified atom stereocenters. The van der Waals surface area contributed by atoms with E-state index >= 15 is 0 Å². The molecule has 1 fully saturated rings. The van der Waals surface area contributed by atoms with E-state index in [1.54, 1.807) is 0 Å². The van der Waals surface area contributed by atoms with Crippen molar-refractivity contribution in [1.29, 1.82) is 0 Å². The third kappa shape index (κ3) is 2.77. The highest BCUT2D eigenvalue weighted by atomic mass is 32.1. The average molecular weight is 313 g/mol. The number of morpholine rings is 1. The van der Waals surface area contributed by atoms with Gasteiger partial charge in [0.25, 0.3) is 0 Å². The Labute approximate surface area is 136 Å². The molecule has 3 rings (SSSR count). The summed E-state index contributed by atoms with van der Waals surface area (Å²) in [5, 5.41) is 11.6. The van der Waals surface area contributed by atoms with Gasteiger partial charge in [-0.1, -0.05) is 72.9 Å². The average Bonchev–Trinajstić information content (AvgIpc) is 2.62. The fraction of sp³-hybridized carbons (Fsp3) is 0.278. The normalized spacial score (nSPS) is 15.6. The summed E-state index contributed by atoms with van der Waals surface area (Å²) in [5.74, 6) is 0. The lowest BCUT2D eigenvalue weighted by Gasteiger charge is -2.38. The van der Waals surface area contributed by atoms with E-state index in [1.165, 1.54) is 0 Å². The molecule has 0 spiro atoms. The molecule has 0 aliphatic carbocycles. The van der Waals surface area contributed by atoms with Crippen LogP contribution in [0.25, 0.3) is 0 Å². The standard InChI is InChI=1S/C18H19NO2S/c20-18(15-7-3-1-4-8-15,16-9-5-2-6-10-16)17(22)19-11-13-21-14-12-19/h1-10,20H,11-14H2. The lowest BCUT2D eigenvalue weighted by atomic mass is 9.85. The Bertz CT molecular complexity index is 585. The summed E-state index contributed by atoms with van der Waals surface area (Å²) >= 11 is 5.69. The van der Waals surface area contributed by atoms with Crippen molar-refractivity contribution in [3.05, 3.63) is 71.8 Å². The van der Waals surface area contributed by atoms with Crippen molar-refractivity contribution in [3.63, 3.8) is 0 Å². The fourth-order valence-electron chi connectivity index (χ4n) is 2.77. The summed E-state index contributed by atoms with van der Waals surface area (Å²) in [6.07, 6.45) is 0. The second kappa shape index (κ2) is 6.57. The van der Waals surface area contributed by atoms with E-state index < -0.39 is 5.60 Å². The van der Waals surface area contributed by atoms with Gasteiger partial charge in [0.05, 0.1) is 13.2 Å². The Kier molecular flexibility index (Phi) is 4.52. The van der Waals surface area contributed by atoms with Crippen LogP contribution in [0.1, 0.15) is 11.1 Å². The van der Waals surface area contributed by atoms with Crippen LogP contribution in [0.3, 0.4) is 0 Å². The van der Waals surface area contributed by atoms with E-state index in [1.807, 2.05) is 65.6 Å². The van der Waals surface area contributed by atoms with Crippen LogP contribution >= 0.6 is 12.2 Å². The molecule has 0 bridgehead atoms. The Morgan fingerprint density at radius 2 is 1.36 bits per heavy atom. The van der Waals surface area contributed by atoms with Gasteiger partial charge in [-0.25, -0.2) is 0 Å². The Morgan fingerprint density at radius 3 is 1.82 bits per heavy atom. The molecule has 0 amide bonds. The van der Waals surface area contributed by atoms with E-state index in [-0.39, 0.29) is 0 Å². The molecule has 1 heterocycles. The smallest absolute Gasteiger partial charge is 0.165 e. The monoisotopic (exact) mass is 313 g/mol. The summed E-state index contributed by atoms with van der Waals surface area (Å²) in [6.45, 7) is 2.70. The SMILES string of the molecule is OC(C(=S)N1CCOCC1)(c1ccccc1)c1ccccc1. The van der Waals surface area contributed by atoms with Gasteiger partial charge in [-0.05, 0) is 11.1 Å². The van der Waals surface area contributed by atoms with Gasteiger partial charge in [-0.15, -0.1) is 0 Å². The highest BCUT2D eigenvalue weighted by molar-refractivity contribution is 7.80. The highest BCUT2D eigenvalue weighted by Crippen LogP contribution is 2.32. The molecule has 2 aromatic rings. The second-order valence-corrected chi connectivity index (χ2v) is 5.73. The number of rotatable bonds is 3. The second-order valence-electron chi connectivity index (χ2n) is 5.35. The molecule has 114 valence electrons. The Morgan fingerprint density at radius 1 is 0.909 bits per heavy atom. The number of ether oxygens (including phenoxy) is 1. The first-order valence-electron chi connectivity index (χ1n) is 7.43. The van der Waals surface area contributed by atoms with E-state index in [4.69, 9.17) is 17.0 Å². The van der Waals surface area contributed by atoms with Crippen LogP contribution in [-0.4, -0.2) is 41.3 Å². The summed E-state index contributed by atoms with van der Waals surface area (Å²) in [5.41, 5.74) is 0.283. The summed E-state index contributed by atoms with van der Waals surface area (Å²) < 4.78 is 5.39. The zero-order valence-corrected chi connectivity index (χ0v) is 13.1. The summed E-state index contributed by atoms with van der Waals surface area (Å²) in [6, 6.07) is 19.2. The van der Waals surface area contributed by atoms with Crippen LogP contribution < -0.4 is 0 Å². The van der Waals surface area contributed by atoms with Crippen LogP contribution in [0.4, 0.5) is 0 Å². The maximum atomic E-state index is 11.6. The van der Waals surface area contributed by atoms with Crippen LogP contribution in [0, 0.1) is 0 Å². The molecule has 1 aliphatic heterocycles. The Hall–Kier alpha value is -1.75. The Balaban J connectivity index is 2.05. The summed E-state index contributed by atoms with van der Waals surface area (Å²) in [7, 11) is 0. The largest absolute Gasteiger partial charge is 0.378 e. The number of aliphatic hydroxyl groups is 1. The molecular formula is C18H19NO2S. The van der Waals surface area contributed by atoms with Gasteiger partial charge in [0.2, 0.25) is 0 Å². The minimum absolute atomic E-state index is 0.535. The van der Waals surface area contributed by atoms with Crippen LogP contribution in [0.2, 0.25) is 0 Å². The lowest BCUT2D eigenvalue weighted by Crippen LogP contribution is -2.50. The number of hydrogen-bond acceptors (Lipinski definition) is 3. The molecule has 22 heavy (non-hydrogen) atoms. The number of nitrogens with zero attached hydrogens (tertiary/aromatic N) is 1. The first-order chi connectivity index (χ1) is 10.7. The van der Waals surface area contributed by atoms with Gasteiger partial charge in [0, 0.05) is 13.1 Å².